The summed E-state index contributed by atoms with van der Waals surface area (Å²) in [6, 6.07) is 0.404. The van der Waals surface area contributed by atoms with Crippen LogP contribution in [0.3, 0.4) is 0 Å². The first-order valence-electron chi connectivity index (χ1n) is 7.59. The van der Waals surface area contributed by atoms with E-state index in [1.54, 1.807) is 0 Å². The van der Waals surface area contributed by atoms with Gasteiger partial charge in [0.1, 0.15) is 0 Å². The molecule has 1 aliphatic heterocycles. The second-order valence-corrected chi connectivity index (χ2v) is 6.63. The topological polar surface area (TPSA) is 41.1 Å². The summed E-state index contributed by atoms with van der Waals surface area (Å²) in [4.78, 5) is 12.2. The van der Waals surface area contributed by atoms with Crippen LogP contribution in [0.15, 0.2) is 0 Å². The van der Waals surface area contributed by atoms with Gasteiger partial charge in [-0.25, -0.2) is 0 Å². The summed E-state index contributed by atoms with van der Waals surface area (Å²) >= 11 is 0. The van der Waals surface area contributed by atoms with Crippen LogP contribution in [0.5, 0.6) is 0 Å². The van der Waals surface area contributed by atoms with E-state index in [1.807, 2.05) is 0 Å². The standard InChI is InChI=1S/C15H28N2O/c1-10(2)13-5-4-11(3)8-14(13)17-15(18)12-6-7-16-9-12/h10-14,16H,4-9H2,1-3H3,(H,17,18). The Balaban J connectivity index is 1.93. The third-order valence-electron chi connectivity index (χ3n) is 4.78. The smallest absolute Gasteiger partial charge is 0.224 e. The Labute approximate surface area is 111 Å². The number of hydrogen-bond donors (Lipinski definition) is 2. The zero-order chi connectivity index (χ0) is 13.1. The Kier molecular flexibility index (Phi) is 4.66. The molecule has 0 radical (unpaired) electrons. The van der Waals surface area contributed by atoms with Crippen molar-refractivity contribution in [2.75, 3.05) is 13.1 Å². The van der Waals surface area contributed by atoms with Crippen LogP contribution in [0.1, 0.15) is 46.5 Å². The Morgan fingerprint density at radius 2 is 2.06 bits per heavy atom. The largest absolute Gasteiger partial charge is 0.353 e. The molecule has 104 valence electrons. The Morgan fingerprint density at radius 1 is 1.28 bits per heavy atom. The number of amides is 1. The molecule has 1 heterocycles. The van der Waals surface area contributed by atoms with Crippen molar-refractivity contribution in [1.29, 1.82) is 0 Å². The summed E-state index contributed by atoms with van der Waals surface area (Å²) in [6.07, 6.45) is 4.75. The molecule has 4 unspecified atom stereocenters. The highest BCUT2D eigenvalue weighted by Gasteiger charge is 2.33. The van der Waals surface area contributed by atoms with Gasteiger partial charge in [0.15, 0.2) is 0 Å². The molecule has 3 nitrogen and oxygen atoms in total. The lowest BCUT2D eigenvalue weighted by atomic mass is 9.74. The molecule has 2 rings (SSSR count). The lowest BCUT2D eigenvalue weighted by molar-refractivity contribution is -0.126. The first-order chi connectivity index (χ1) is 8.58. The molecule has 2 fully saturated rings. The van der Waals surface area contributed by atoms with Crippen LogP contribution in [0.25, 0.3) is 0 Å². The molecule has 0 aromatic carbocycles. The first kappa shape index (κ1) is 13.9. The summed E-state index contributed by atoms with van der Waals surface area (Å²) in [7, 11) is 0. The minimum atomic E-state index is 0.204. The predicted octanol–water partition coefficient (Wildman–Crippen LogP) is 2.17. The molecular weight excluding hydrogens is 224 g/mol. The van der Waals surface area contributed by atoms with Crippen molar-refractivity contribution < 1.29 is 4.79 Å². The molecule has 2 N–H and O–H groups in total. The SMILES string of the molecule is CC1CCC(C(C)C)C(NC(=O)C2CCNC2)C1. The highest BCUT2D eigenvalue weighted by Crippen LogP contribution is 2.33. The average molecular weight is 252 g/mol. The van der Waals surface area contributed by atoms with Crippen molar-refractivity contribution in [1.82, 2.24) is 10.6 Å². The van der Waals surface area contributed by atoms with Crippen LogP contribution in [0.2, 0.25) is 0 Å². The number of carbonyl (C=O) groups excluding carboxylic acids is 1. The van der Waals surface area contributed by atoms with E-state index < -0.39 is 0 Å². The lowest BCUT2D eigenvalue weighted by Gasteiger charge is -2.38. The number of nitrogens with one attached hydrogen (secondary N) is 2. The van der Waals surface area contributed by atoms with Crippen LogP contribution in [0.4, 0.5) is 0 Å². The molecule has 0 aromatic heterocycles. The van der Waals surface area contributed by atoms with Gasteiger partial charge < -0.3 is 10.6 Å². The van der Waals surface area contributed by atoms with E-state index in [2.05, 4.69) is 31.4 Å². The van der Waals surface area contributed by atoms with Crippen LogP contribution < -0.4 is 10.6 Å². The molecule has 0 bridgehead atoms. The van der Waals surface area contributed by atoms with E-state index in [4.69, 9.17) is 0 Å². The van der Waals surface area contributed by atoms with Gasteiger partial charge in [0.25, 0.3) is 0 Å². The number of hydrogen-bond acceptors (Lipinski definition) is 2. The van der Waals surface area contributed by atoms with E-state index in [0.29, 0.717) is 17.9 Å². The zero-order valence-corrected chi connectivity index (χ0v) is 12.0. The molecule has 18 heavy (non-hydrogen) atoms. The second-order valence-electron chi connectivity index (χ2n) is 6.63. The van der Waals surface area contributed by atoms with E-state index >= 15 is 0 Å². The Morgan fingerprint density at radius 3 is 2.67 bits per heavy atom. The maximum atomic E-state index is 12.2. The fourth-order valence-electron chi connectivity index (χ4n) is 3.55. The molecule has 1 saturated carbocycles. The van der Waals surface area contributed by atoms with E-state index in [9.17, 15) is 4.79 Å². The lowest BCUT2D eigenvalue weighted by Crippen LogP contribution is -2.47. The fraction of sp³-hybridized carbons (Fsp3) is 0.933. The second kappa shape index (κ2) is 6.05. The quantitative estimate of drug-likeness (QED) is 0.808. The van der Waals surface area contributed by atoms with Gasteiger partial charge in [0.2, 0.25) is 5.91 Å². The highest BCUT2D eigenvalue weighted by atomic mass is 16.2. The maximum Gasteiger partial charge on any atom is 0.224 e. The zero-order valence-electron chi connectivity index (χ0n) is 12.0. The minimum absolute atomic E-state index is 0.204. The molecular formula is C15H28N2O. The van der Waals surface area contributed by atoms with E-state index in [0.717, 1.165) is 31.8 Å². The highest BCUT2D eigenvalue weighted by molar-refractivity contribution is 5.79. The van der Waals surface area contributed by atoms with E-state index in [-0.39, 0.29) is 11.8 Å². The molecule has 1 amide bonds. The molecule has 1 aliphatic carbocycles. The van der Waals surface area contributed by atoms with Gasteiger partial charge >= 0.3 is 0 Å². The van der Waals surface area contributed by atoms with Crippen LogP contribution in [-0.4, -0.2) is 25.0 Å². The molecule has 2 aliphatic rings. The van der Waals surface area contributed by atoms with Gasteiger partial charge in [-0.3, -0.25) is 4.79 Å². The van der Waals surface area contributed by atoms with Gasteiger partial charge in [-0.05, 0) is 43.6 Å². The van der Waals surface area contributed by atoms with Gasteiger partial charge in [-0.1, -0.05) is 27.2 Å². The van der Waals surface area contributed by atoms with Crippen molar-refractivity contribution in [3.05, 3.63) is 0 Å². The summed E-state index contributed by atoms with van der Waals surface area (Å²) < 4.78 is 0. The molecule has 1 saturated heterocycles. The molecule has 3 heteroatoms. The Hall–Kier alpha value is -0.570. The number of rotatable bonds is 3. The van der Waals surface area contributed by atoms with Gasteiger partial charge in [-0.15, -0.1) is 0 Å². The Bertz CT molecular complexity index is 284. The third kappa shape index (κ3) is 3.25. The van der Waals surface area contributed by atoms with Crippen LogP contribution >= 0.6 is 0 Å². The average Bonchev–Trinajstić information content (AvgIpc) is 2.81. The summed E-state index contributed by atoms with van der Waals surface area (Å²) in [5, 5.41) is 6.62. The molecule has 0 spiro atoms. The summed E-state index contributed by atoms with van der Waals surface area (Å²) in [5.41, 5.74) is 0. The van der Waals surface area contributed by atoms with Crippen molar-refractivity contribution in [2.24, 2.45) is 23.7 Å². The van der Waals surface area contributed by atoms with Crippen molar-refractivity contribution in [3.8, 4) is 0 Å². The normalized spacial score (nSPS) is 36.9. The van der Waals surface area contributed by atoms with Crippen LogP contribution in [0, 0.1) is 23.7 Å². The van der Waals surface area contributed by atoms with Gasteiger partial charge in [0, 0.05) is 12.6 Å². The predicted molar refractivity (Wildman–Crippen MR) is 74.3 cm³/mol. The minimum Gasteiger partial charge on any atom is -0.353 e. The van der Waals surface area contributed by atoms with Gasteiger partial charge in [-0.2, -0.15) is 0 Å². The van der Waals surface area contributed by atoms with Crippen LogP contribution in [-0.2, 0) is 4.79 Å². The molecule has 0 aromatic rings. The van der Waals surface area contributed by atoms with Gasteiger partial charge in [0.05, 0.1) is 5.92 Å². The summed E-state index contributed by atoms with van der Waals surface area (Å²) in [5.74, 6) is 2.58. The fourth-order valence-corrected chi connectivity index (χ4v) is 3.55. The van der Waals surface area contributed by atoms with E-state index in [1.165, 1.54) is 12.8 Å². The first-order valence-corrected chi connectivity index (χ1v) is 7.59. The number of carbonyl (C=O) groups is 1. The van der Waals surface area contributed by atoms with Crippen molar-refractivity contribution in [3.63, 3.8) is 0 Å². The van der Waals surface area contributed by atoms with Crippen molar-refractivity contribution in [2.45, 2.75) is 52.5 Å². The monoisotopic (exact) mass is 252 g/mol. The molecule has 4 atom stereocenters. The third-order valence-corrected chi connectivity index (χ3v) is 4.78. The maximum absolute atomic E-state index is 12.2. The summed E-state index contributed by atoms with van der Waals surface area (Å²) in [6.45, 7) is 8.74. The van der Waals surface area contributed by atoms with Crippen molar-refractivity contribution >= 4 is 5.91 Å².